The van der Waals surface area contributed by atoms with Crippen LogP contribution in [0.5, 0.6) is 0 Å². The molecule has 3 saturated carbocycles. The molecule has 0 radical (unpaired) electrons. The molecule has 5 atom stereocenters. The average molecular weight is 346 g/mol. The van der Waals surface area contributed by atoms with Crippen molar-refractivity contribution in [2.45, 2.75) is 78.2 Å². The summed E-state index contributed by atoms with van der Waals surface area (Å²) >= 11 is 0. The van der Waals surface area contributed by atoms with Crippen LogP contribution in [0.4, 0.5) is 0 Å². The first-order valence-electron chi connectivity index (χ1n) is 9.76. The van der Waals surface area contributed by atoms with E-state index in [-0.39, 0.29) is 35.1 Å². The van der Waals surface area contributed by atoms with Crippen molar-refractivity contribution in [2.24, 2.45) is 23.2 Å². The number of hydrogen-bond donors (Lipinski definition) is 0. The molecule has 0 bridgehead atoms. The third kappa shape index (κ3) is 3.58. The van der Waals surface area contributed by atoms with Gasteiger partial charge in [-0.1, -0.05) is 25.8 Å². The number of rotatable bonds is 3. The lowest BCUT2D eigenvalue weighted by Crippen LogP contribution is -2.40. The van der Waals surface area contributed by atoms with Crippen LogP contribution < -0.4 is 0 Å². The van der Waals surface area contributed by atoms with Crippen LogP contribution in [-0.2, 0) is 19.1 Å². The fraction of sp³-hybridized carbons (Fsp3) is 0.762. The third-order valence-corrected chi connectivity index (χ3v) is 6.88. The second-order valence-electron chi connectivity index (χ2n) is 8.52. The summed E-state index contributed by atoms with van der Waals surface area (Å²) in [5, 5.41) is 0. The predicted octanol–water partition coefficient (Wildman–Crippen LogP) is 4.02. The number of esters is 1. The van der Waals surface area contributed by atoms with Crippen molar-refractivity contribution in [1.82, 2.24) is 0 Å². The Morgan fingerprint density at radius 1 is 1.20 bits per heavy atom. The van der Waals surface area contributed by atoms with Crippen LogP contribution >= 0.6 is 0 Å². The summed E-state index contributed by atoms with van der Waals surface area (Å²) in [7, 11) is 0. The van der Waals surface area contributed by atoms with Gasteiger partial charge in [-0.2, -0.15) is 0 Å². The molecule has 3 fully saturated rings. The van der Waals surface area contributed by atoms with Gasteiger partial charge in [0.25, 0.3) is 0 Å². The zero-order valence-electron chi connectivity index (χ0n) is 15.7. The lowest BCUT2D eigenvalue weighted by atomic mass is 9.63. The van der Waals surface area contributed by atoms with Crippen LogP contribution in [-0.4, -0.2) is 23.6 Å². The van der Waals surface area contributed by atoms with Gasteiger partial charge in [0.2, 0.25) is 0 Å². The second-order valence-corrected chi connectivity index (χ2v) is 8.52. The van der Waals surface area contributed by atoms with Crippen molar-refractivity contribution in [2.75, 3.05) is 0 Å². The molecule has 25 heavy (non-hydrogen) atoms. The van der Waals surface area contributed by atoms with Crippen LogP contribution in [0, 0.1) is 23.2 Å². The van der Waals surface area contributed by atoms with Crippen molar-refractivity contribution in [3.05, 3.63) is 11.6 Å². The predicted molar refractivity (Wildman–Crippen MR) is 94.8 cm³/mol. The van der Waals surface area contributed by atoms with Gasteiger partial charge in [-0.25, -0.2) is 0 Å². The van der Waals surface area contributed by atoms with Crippen molar-refractivity contribution >= 4 is 17.5 Å². The molecule has 0 N–H and O–H groups in total. The zero-order chi connectivity index (χ0) is 18.2. The summed E-state index contributed by atoms with van der Waals surface area (Å²) in [6, 6.07) is 0. The Bertz CT molecular complexity index is 605. The zero-order valence-corrected chi connectivity index (χ0v) is 15.7. The summed E-state index contributed by atoms with van der Waals surface area (Å²) in [5.74, 6) is 0.841. The number of ketones is 2. The molecule has 3 aliphatic carbocycles. The number of Topliss-reactive ketones (excluding diaryl/α,β-unsaturated/α-hetero) is 1. The van der Waals surface area contributed by atoms with Gasteiger partial charge >= 0.3 is 5.97 Å². The van der Waals surface area contributed by atoms with Gasteiger partial charge in [-0.05, 0) is 50.0 Å². The molecule has 0 aliphatic heterocycles. The highest BCUT2D eigenvalue weighted by Gasteiger charge is 2.52. The molecule has 0 amide bonds. The third-order valence-electron chi connectivity index (χ3n) is 6.88. The largest absolute Gasteiger partial charge is 0.462 e. The molecule has 0 spiro atoms. The van der Waals surface area contributed by atoms with E-state index in [0.29, 0.717) is 24.5 Å². The highest BCUT2D eigenvalue weighted by molar-refractivity contribution is 5.95. The summed E-state index contributed by atoms with van der Waals surface area (Å²) < 4.78 is 5.36. The first-order valence-corrected chi connectivity index (χ1v) is 9.76. The number of carbonyl (C=O) groups excluding carboxylic acids is 3. The quantitative estimate of drug-likeness (QED) is 0.572. The van der Waals surface area contributed by atoms with Crippen LogP contribution in [0.2, 0.25) is 0 Å². The number of carbonyl (C=O) groups is 3. The first-order chi connectivity index (χ1) is 11.8. The lowest BCUT2D eigenvalue weighted by molar-refractivity contribution is -0.147. The molecule has 138 valence electrons. The van der Waals surface area contributed by atoms with E-state index in [1.54, 1.807) is 0 Å². The number of allylic oxidation sites excluding steroid dienone is 1. The van der Waals surface area contributed by atoms with Gasteiger partial charge in [0.05, 0.1) is 0 Å². The Kier molecular flexibility index (Phi) is 5.17. The van der Waals surface area contributed by atoms with E-state index in [2.05, 4.69) is 13.8 Å². The molecular formula is C21H30O4. The van der Waals surface area contributed by atoms with Crippen LogP contribution in [0.25, 0.3) is 0 Å². The van der Waals surface area contributed by atoms with Crippen molar-refractivity contribution in [3.8, 4) is 0 Å². The maximum atomic E-state index is 13.0. The Morgan fingerprint density at radius 3 is 2.68 bits per heavy atom. The summed E-state index contributed by atoms with van der Waals surface area (Å²) in [5.41, 5.74) is 0.828. The number of hydrogen-bond acceptors (Lipinski definition) is 4. The molecule has 4 nitrogen and oxygen atoms in total. The normalized spacial score (nSPS) is 40.0. The Hall–Kier alpha value is -1.45. The summed E-state index contributed by atoms with van der Waals surface area (Å²) in [6.07, 6.45) is 8.50. The number of ether oxygens (including phenoxy) is 1. The van der Waals surface area contributed by atoms with Gasteiger partial charge in [-0.3, -0.25) is 14.4 Å². The fourth-order valence-electron chi connectivity index (χ4n) is 5.31. The van der Waals surface area contributed by atoms with Crippen molar-refractivity contribution < 1.29 is 19.1 Å². The molecule has 0 aromatic rings. The molecule has 0 heterocycles. The molecule has 1 unspecified atom stereocenters. The van der Waals surface area contributed by atoms with Gasteiger partial charge in [0, 0.05) is 31.1 Å². The van der Waals surface area contributed by atoms with E-state index in [1.807, 2.05) is 6.08 Å². The van der Waals surface area contributed by atoms with Crippen LogP contribution in [0.15, 0.2) is 11.6 Å². The summed E-state index contributed by atoms with van der Waals surface area (Å²) in [4.78, 5) is 36.6. The number of fused-ring (bicyclic) bond motifs is 1. The maximum absolute atomic E-state index is 13.0. The SMILES string of the molecule is CC(=O)O[C@H]1CC[C@@H](C)/C(=C\C(=O)[C@@H]2CCC[C@]3(C)C(=O)CCC23)C1. The molecule has 0 aromatic heterocycles. The topological polar surface area (TPSA) is 60.4 Å². The fourth-order valence-corrected chi connectivity index (χ4v) is 5.31. The average Bonchev–Trinajstić information content (AvgIpc) is 2.85. The standard InChI is InChI=1S/C21H30O4/c1-13-6-7-16(25-14(2)22)11-15(13)12-19(23)17-5-4-10-21(3)18(17)8-9-20(21)24/h12-13,16-18H,4-11H2,1-3H3/b15-12-/t13-,16+,17-,18?,21+/m1/s1. The lowest BCUT2D eigenvalue weighted by Gasteiger charge is -2.39. The molecule has 3 rings (SSSR count). The van der Waals surface area contributed by atoms with Gasteiger partial charge in [0.15, 0.2) is 5.78 Å². The minimum Gasteiger partial charge on any atom is -0.462 e. The van der Waals surface area contributed by atoms with E-state index < -0.39 is 0 Å². The van der Waals surface area contributed by atoms with E-state index >= 15 is 0 Å². The molecule has 3 aliphatic rings. The van der Waals surface area contributed by atoms with Crippen LogP contribution in [0.1, 0.15) is 72.1 Å². The second kappa shape index (κ2) is 7.05. The van der Waals surface area contributed by atoms with Crippen molar-refractivity contribution in [3.63, 3.8) is 0 Å². The van der Waals surface area contributed by atoms with Gasteiger partial charge in [-0.15, -0.1) is 0 Å². The maximum Gasteiger partial charge on any atom is 0.302 e. The van der Waals surface area contributed by atoms with E-state index in [9.17, 15) is 14.4 Å². The minimum atomic E-state index is -0.282. The minimum absolute atomic E-state index is 0.0148. The highest BCUT2D eigenvalue weighted by Crippen LogP contribution is 2.52. The van der Waals surface area contributed by atoms with Crippen molar-refractivity contribution in [1.29, 1.82) is 0 Å². The molecular weight excluding hydrogens is 316 g/mol. The monoisotopic (exact) mass is 346 g/mol. The Morgan fingerprint density at radius 2 is 1.96 bits per heavy atom. The highest BCUT2D eigenvalue weighted by atomic mass is 16.5. The van der Waals surface area contributed by atoms with Gasteiger partial charge in [0.1, 0.15) is 11.9 Å². The van der Waals surface area contributed by atoms with E-state index in [1.165, 1.54) is 6.92 Å². The first kappa shape index (κ1) is 18.3. The van der Waals surface area contributed by atoms with E-state index in [0.717, 1.165) is 44.1 Å². The Labute approximate surface area is 150 Å². The molecule has 0 saturated heterocycles. The summed E-state index contributed by atoms with van der Waals surface area (Å²) in [6.45, 7) is 5.65. The van der Waals surface area contributed by atoms with E-state index in [4.69, 9.17) is 4.74 Å². The molecule has 4 heteroatoms. The smallest absolute Gasteiger partial charge is 0.302 e. The Balaban J connectivity index is 1.74. The van der Waals surface area contributed by atoms with Crippen LogP contribution in [0.3, 0.4) is 0 Å². The van der Waals surface area contributed by atoms with Gasteiger partial charge < -0.3 is 4.74 Å². The molecule has 0 aromatic carbocycles.